The van der Waals surface area contributed by atoms with E-state index >= 15 is 0 Å². The number of hydrogen-bond acceptors (Lipinski definition) is 6. The van der Waals surface area contributed by atoms with Gasteiger partial charge in [-0.1, -0.05) is 13.8 Å². The predicted molar refractivity (Wildman–Crippen MR) is 105 cm³/mol. The fourth-order valence-corrected chi connectivity index (χ4v) is 2.62. The smallest absolute Gasteiger partial charge is 0.328 e. The van der Waals surface area contributed by atoms with Crippen LogP contribution in [-0.2, 0) is 14.3 Å². The highest BCUT2D eigenvalue weighted by Gasteiger charge is 2.22. The molecule has 1 aromatic carbocycles. The lowest BCUT2D eigenvalue weighted by molar-refractivity contribution is -0.145. The fourth-order valence-electron chi connectivity index (χ4n) is 2.62. The number of esters is 1. The Balaban J connectivity index is 2.46. The lowest BCUT2D eigenvalue weighted by atomic mass is 10.0. The van der Waals surface area contributed by atoms with Crippen LogP contribution in [0, 0.1) is 5.92 Å². The lowest BCUT2D eigenvalue weighted by Crippen LogP contribution is -2.42. The van der Waals surface area contributed by atoms with Gasteiger partial charge in [-0.2, -0.15) is 0 Å². The van der Waals surface area contributed by atoms with E-state index in [4.69, 9.17) is 14.2 Å². The quantitative estimate of drug-likeness (QED) is 0.439. The zero-order valence-electron chi connectivity index (χ0n) is 17.2. The molecule has 1 aromatic rings. The van der Waals surface area contributed by atoms with Crippen LogP contribution in [0.15, 0.2) is 18.2 Å². The minimum Gasteiger partial charge on any atom is -0.493 e. The molecule has 1 rings (SSSR count). The molecule has 8 heteroatoms. The molecule has 0 bridgehead atoms. The highest BCUT2D eigenvalue weighted by atomic mass is 16.5. The molecule has 8 nitrogen and oxygen atoms in total. The maximum Gasteiger partial charge on any atom is 0.328 e. The molecule has 156 valence electrons. The Morgan fingerprint density at radius 1 is 1.04 bits per heavy atom. The van der Waals surface area contributed by atoms with E-state index in [9.17, 15) is 14.4 Å². The topological polar surface area (TPSA) is 103 Å². The van der Waals surface area contributed by atoms with Crippen molar-refractivity contribution in [3.63, 3.8) is 0 Å². The number of carbonyl (C=O) groups is 3. The number of benzene rings is 1. The molecule has 0 aromatic heterocycles. The summed E-state index contributed by atoms with van der Waals surface area (Å²) in [5.74, 6) is 0.268. The first kappa shape index (κ1) is 23.3. The zero-order chi connectivity index (χ0) is 21.1. The Bertz CT molecular complexity index is 675. The van der Waals surface area contributed by atoms with Gasteiger partial charge in [-0.25, -0.2) is 4.79 Å². The van der Waals surface area contributed by atoms with Crippen LogP contribution in [0.1, 0.15) is 43.5 Å². The Morgan fingerprint density at radius 2 is 1.71 bits per heavy atom. The molecule has 28 heavy (non-hydrogen) atoms. The average Bonchev–Trinajstić information content (AvgIpc) is 2.68. The lowest BCUT2D eigenvalue weighted by Gasteiger charge is -2.18. The first-order valence-electron chi connectivity index (χ1n) is 9.19. The third-order valence-electron chi connectivity index (χ3n) is 4.04. The summed E-state index contributed by atoms with van der Waals surface area (Å²) in [5, 5.41) is 5.45. The monoisotopic (exact) mass is 394 g/mol. The minimum absolute atomic E-state index is 0.192. The summed E-state index contributed by atoms with van der Waals surface area (Å²) in [5.41, 5.74) is 0.435. The number of carbonyl (C=O) groups excluding carboxylic acids is 3. The van der Waals surface area contributed by atoms with Crippen molar-refractivity contribution in [1.82, 2.24) is 10.6 Å². The number of amides is 2. The Labute approximate surface area is 165 Å². The van der Waals surface area contributed by atoms with Gasteiger partial charge in [0.2, 0.25) is 5.91 Å². The fraction of sp³-hybridized carbons (Fsp3) is 0.550. The molecule has 0 saturated carbocycles. The van der Waals surface area contributed by atoms with Crippen molar-refractivity contribution in [3.8, 4) is 11.5 Å². The van der Waals surface area contributed by atoms with Gasteiger partial charge in [0.1, 0.15) is 6.04 Å². The second-order valence-corrected chi connectivity index (χ2v) is 6.70. The zero-order valence-corrected chi connectivity index (χ0v) is 17.2. The molecule has 1 atom stereocenters. The van der Waals surface area contributed by atoms with E-state index in [0.717, 1.165) is 0 Å². The van der Waals surface area contributed by atoms with Crippen LogP contribution in [0.25, 0.3) is 0 Å². The second kappa shape index (κ2) is 11.8. The van der Waals surface area contributed by atoms with Gasteiger partial charge in [0.05, 0.1) is 21.3 Å². The van der Waals surface area contributed by atoms with E-state index in [1.807, 2.05) is 13.8 Å². The van der Waals surface area contributed by atoms with Crippen molar-refractivity contribution in [2.75, 3.05) is 27.9 Å². The first-order chi connectivity index (χ1) is 13.3. The molecular formula is C20H30N2O6. The van der Waals surface area contributed by atoms with Crippen LogP contribution in [-0.4, -0.2) is 51.7 Å². The molecule has 0 aliphatic heterocycles. The molecule has 0 aliphatic carbocycles. The number of hydrogen-bond donors (Lipinski definition) is 2. The van der Waals surface area contributed by atoms with Crippen molar-refractivity contribution in [2.24, 2.45) is 5.92 Å². The van der Waals surface area contributed by atoms with Crippen LogP contribution in [0.4, 0.5) is 0 Å². The summed E-state index contributed by atoms with van der Waals surface area (Å²) in [6.45, 7) is 4.26. The van der Waals surface area contributed by atoms with Gasteiger partial charge >= 0.3 is 5.97 Å². The number of ether oxygens (including phenoxy) is 3. The largest absolute Gasteiger partial charge is 0.493 e. The van der Waals surface area contributed by atoms with Crippen LogP contribution >= 0.6 is 0 Å². The molecule has 2 N–H and O–H groups in total. The van der Waals surface area contributed by atoms with Crippen molar-refractivity contribution in [1.29, 1.82) is 0 Å². The summed E-state index contributed by atoms with van der Waals surface area (Å²) in [4.78, 5) is 36.0. The van der Waals surface area contributed by atoms with E-state index in [2.05, 4.69) is 10.6 Å². The van der Waals surface area contributed by atoms with E-state index in [-0.39, 0.29) is 24.2 Å². The molecule has 0 spiro atoms. The van der Waals surface area contributed by atoms with E-state index < -0.39 is 12.0 Å². The Kier molecular flexibility index (Phi) is 9.84. The van der Waals surface area contributed by atoms with Gasteiger partial charge in [0.25, 0.3) is 5.91 Å². The molecule has 0 saturated heterocycles. The Morgan fingerprint density at radius 3 is 2.29 bits per heavy atom. The van der Waals surface area contributed by atoms with E-state index in [1.54, 1.807) is 18.2 Å². The molecule has 1 unspecified atom stereocenters. The third kappa shape index (κ3) is 7.46. The van der Waals surface area contributed by atoms with Gasteiger partial charge in [0.15, 0.2) is 11.5 Å². The maximum atomic E-state index is 12.2. The van der Waals surface area contributed by atoms with Crippen molar-refractivity contribution in [2.45, 2.75) is 39.2 Å². The van der Waals surface area contributed by atoms with E-state index in [0.29, 0.717) is 36.4 Å². The van der Waals surface area contributed by atoms with Crippen molar-refractivity contribution in [3.05, 3.63) is 23.8 Å². The normalized spacial score (nSPS) is 11.5. The molecule has 0 heterocycles. The molecule has 0 radical (unpaired) electrons. The van der Waals surface area contributed by atoms with Crippen LogP contribution in [0.5, 0.6) is 11.5 Å². The summed E-state index contributed by atoms with van der Waals surface area (Å²) >= 11 is 0. The van der Waals surface area contributed by atoms with Crippen LogP contribution < -0.4 is 20.1 Å². The average molecular weight is 394 g/mol. The highest BCUT2D eigenvalue weighted by molar-refractivity contribution is 5.94. The SMILES string of the molecule is COC(=O)C(CC(C)C)NC(=O)CCCNC(=O)c1ccc(OC)c(OC)c1. The van der Waals surface area contributed by atoms with Crippen molar-refractivity contribution >= 4 is 17.8 Å². The number of rotatable bonds is 11. The van der Waals surface area contributed by atoms with Gasteiger partial charge < -0.3 is 24.8 Å². The van der Waals surface area contributed by atoms with Crippen LogP contribution in [0.2, 0.25) is 0 Å². The second-order valence-electron chi connectivity index (χ2n) is 6.70. The van der Waals surface area contributed by atoms with Crippen molar-refractivity contribution < 1.29 is 28.6 Å². The molecule has 0 fully saturated rings. The Hall–Kier alpha value is -2.77. The predicted octanol–water partition coefficient (Wildman–Crippen LogP) is 1.92. The summed E-state index contributed by atoms with van der Waals surface area (Å²) < 4.78 is 15.0. The van der Waals surface area contributed by atoms with E-state index in [1.165, 1.54) is 21.3 Å². The molecular weight excluding hydrogens is 364 g/mol. The van der Waals surface area contributed by atoms with Gasteiger partial charge in [-0.15, -0.1) is 0 Å². The summed E-state index contributed by atoms with van der Waals surface area (Å²) in [6.07, 6.45) is 1.15. The standard InChI is InChI=1S/C20H30N2O6/c1-13(2)11-15(20(25)28-5)22-18(23)7-6-10-21-19(24)14-8-9-16(26-3)17(12-14)27-4/h8-9,12-13,15H,6-7,10-11H2,1-5H3,(H,21,24)(H,22,23). The summed E-state index contributed by atoms with van der Waals surface area (Å²) in [7, 11) is 4.32. The summed E-state index contributed by atoms with van der Waals surface area (Å²) in [6, 6.07) is 4.23. The first-order valence-corrected chi connectivity index (χ1v) is 9.19. The third-order valence-corrected chi connectivity index (χ3v) is 4.04. The van der Waals surface area contributed by atoms with Crippen LogP contribution in [0.3, 0.4) is 0 Å². The maximum absolute atomic E-state index is 12.2. The number of nitrogens with one attached hydrogen (secondary N) is 2. The number of methoxy groups -OCH3 is 3. The molecule has 2 amide bonds. The van der Waals surface area contributed by atoms with Gasteiger partial charge in [0, 0.05) is 18.5 Å². The van der Waals surface area contributed by atoms with Gasteiger partial charge in [-0.05, 0) is 37.0 Å². The van der Waals surface area contributed by atoms with Gasteiger partial charge in [-0.3, -0.25) is 9.59 Å². The highest BCUT2D eigenvalue weighted by Crippen LogP contribution is 2.27. The minimum atomic E-state index is -0.654. The molecule has 0 aliphatic rings.